The van der Waals surface area contributed by atoms with Gasteiger partial charge in [-0.05, 0) is 55.7 Å². The second kappa shape index (κ2) is 14.1. The lowest BCUT2D eigenvalue weighted by Crippen LogP contribution is -2.48. The predicted molar refractivity (Wildman–Crippen MR) is 170 cm³/mol. The maximum absolute atomic E-state index is 13.5. The number of hydrogen-bond acceptors (Lipinski definition) is 7. The highest BCUT2D eigenvalue weighted by Crippen LogP contribution is 2.36. The molecule has 3 heterocycles. The number of carbonyl (C=O) groups excluding carboxylic acids is 1. The van der Waals surface area contributed by atoms with Crippen LogP contribution in [0.1, 0.15) is 69.1 Å². The predicted octanol–water partition coefficient (Wildman–Crippen LogP) is 6.08. The van der Waals surface area contributed by atoms with E-state index < -0.39 is 0 Å². The highest BCUT2D eigenvalue weighted by atomic mass is 32.2. The van der Waals surface area contributed by atoms with Gasteiger partial charge in [-0.25, -0.2) is 4.39 Å². The minimum atomic E-state index is -0.306. The van der Waals surface area contributed by atoms with Crippen LogP contribution in [-0.4, -0.2) is 52.4 Å². The summed E-state index contributed by atoms with van der Waals surface area (Å²) >= 11 is 6.87. The molecule has 218 valence electrons. The second-order valence-electron chi connectivity index (χ2n) is 10.5. The van der Waals surface area contributed by atoms with Gasteiger partial charge in [-0.3, -0.25) is 19.1 Å². The van der Waals surface area contributed by atoms with Gasteiger partial charge in [-0.2, -0.15) is 5.26 Å². The number of carbonyl (C=O) groups is 1. The lowest BCUT2D eigenvalue weighted by Gasteiger charge is -2.39. The van der Waals surface area contributed by atoms with Crippen molar-refractivity contribution in [3.63, 3.8) is 0 Å². The normalized spacial score (nSPS) is 16.7. The topological polar surface area (TPSA) is 72.6 Å². The third-order valence-corrected chi connectivity index (χ3v) is 9.08. The maximum Gasteiger partial charge on any atom is 0.270 e. The van der Waals surface area contributed by atoms with Gasteiger partial charge < -0.3 is 9.80 Å². The molecule has 0 radical (unpaired) electrons. The van der Waals surface area contributed by atoms with E-state index in [-0.39, 0.29) is 22.8 Å². The first kappa shape index (κ1) is 30.8. The molecule has 10 heteroatoms. The highest BCUT2D eigenvalue weighted by Gasteiger charge is 2.33. The lowest BCUT2D eigenvalue weighted by molar-refractivity contribution is -0.122. The second-order valence-corrected chi connectivity index (χ2v) is 12.2. The maximum atomic E-state index is 13.5. The van der Waals surface area contributed by atoms with E-state index in [1.165, 1.54) is 30.3 Å². The third-order valence-electron chi connectivity index (χ3n) is 7.70. The van der Waals surface area contributed by atoms with Crippen molar-refractivity contribution in [2.45, 2.75) is 65.8 Å². The van der Waals surface area contributed by atoms with Gasteiger partial charge >= 0.3 is 0 Å². The molecule has 4 rings (SSSR count). The summed E-state index contributed by atoms with van der Waals surface area (Å²) in [5, 5.41) is 9.92. The molecule has 1 aromatic heterocycles. The third kappa shape index (κ3) is 6.84. The summed E-state index contributed by atoms with van der Waals surface area (Å²) in [6.07, 6.45) is 8.02. The van der Waals surface area contributed by atoms with Gasteiger partial charge in [-0.15, -0.1) is 0 Å². The summed E-state index contributed by atoms with van der Waals surface area (Å²) < 4.78 is 15.7. The molecule has 2 fully saturated rings. The number of benzene rings is 1. The number of nitriles is 1. The Morgan fingerprint density at radius 2 is 1.63 bits per heavy atom. The van der Waals surface area contributed by atoms with Crippen molar-refractivity contribution in [3.05, 3.63) is 62.0 Å². The Hall–Kier alpha value is -3.16. The number of halogens is 1. The van der Waals surface area contributed by atoms with Crippen LogP contribution in [0, 0.1) is 24.1 Å². The van der Waals surface area contributed by atoms with Gasteiger partial charge in [0.05, 0.1) is 4.91 Å². The number of thioether (sulfide) groups is 1. The fourth-order valence-corrected chi connectivity index (χ4v) is 6.73. The summed E-state index contributed by atoms with van der Waals surface area (Å²) in [6, 6.07) is 8.60. The van der Waals surface area contributed by atoms with Crippen molar-refractivity contribution in [2.24, 2.45) is 0 Å². The van der Waals surface area contributed by atoms with Crippen LogP contribution in [-0.2, 0) is 11.3 Å². The van der Waals surface area contributed by atoms with Crippen LogP contribution in [0.25, 0.3) is 6.08 Å². The summed E-state index contributed by atoms with van der Waals surface area (Å²) in [7, 11) is 0. The first-order chi connectivity index (χ1) is 19.8. The number of aromatic nitrogens is 1. The molecule has 0 saturated carbocycles. The number of rotatable bonds is 11. The first-order valence-corrected chi connectivity index (χ1v) is 15.7. The average Bonchev–Trinajstić information content (AvgIpc) is 3.23. The largest absolute Gasteiger partial charge is 0.368 e. The fourth-order valence-electron chi connectivity index (χ4n) is 5.44. The van der Waals surface area contributed by atoms with Crippen LogP contribution in [0.4, 0.5) is 15.9 Å². The van der Waals surface area contributed by atoms with Gasteiger partial charge in [0, 0.05) is 50.5 Å². The Morgan fingerprint density at radius 3 is 2.27 bits per heavy atom. The van der Waals surface area contributed by atoms with Crippen LogP contribution < -0.4 is 15.4 Å². The van der Waals surface area contributed by atoms with Crippen LogP contribution in [0.3, 0.4) is 0 Å². The molecule has 41 heavy (non-hydrogen) atoms. The summed E-state index contributed by atoms with van der Waals surface area (Å²) in [5.41, 5.74) is 2.04. The van der Waals surface area contributed by atoms with Crippen molar-refractivity contribution in [2.75, 3.05) is 42.5 Å². The quantitative estimate of drug-likeness (QED) is 0.177. The highest BCUT2D eigenvalue weighted by molar-refractivity contribution is 8.26. The zero-order valence-corrected chi connectivity index (χ0v) is 25.8. The number of pyridine rings is 1. The van der Waals surface area contributed by atoms with Crippen molar-refractivity contribution in [1.29, 1.82) is 5.26 Å². The van der Waals surface area contributed by atoms with E-state index >= 15 is 0 Å². The SMILES string of the molecule is CCCCCCCN1C(=O)/C(=C\c2c(C)c(C#N)c(=O)n(CCC)c2N2CCN(c3ccc(F)cc3)CC2)SC1=S. The molecule has 2 aliphatic heterocycles. The van der Waals surface area contributed by atoms with E-state index in [9.17, 15) is 19.2 Å². The Bertz CT molecular complexity index is 1410. The standard InChI is InChI=1S/C31H38FN5O2S2/c1-4-6-7-8-9-15-37-30(39)27(41-31(37)40)20-25-22(3)26(21-33)29(38)36(14-5-2)28(25)35-18-16-34(17-19-35)24-12-10-23(32)11-13-24/h10-13,20H,4-9,14-19H2,1-3H3/b27-20+. The molecule has 0 aliphatic carbocycles. The molecule has 1 amide bonds. The van der Waals surface area contributed by atoms with E-state index in [0.29, 0.717) is 59.6 Å². The molecule has 0 atom stereocenters. The number of amides is 1. The van der Waals surface area contributed by atoms with E-state index in [1.807, 2.05) is 13.0 Å². The van der Waals surface area contributed by atoms with Crippen LogP contribution in [0.5, 0.6) is 0 Å². The van der Waals surface area contributed by atoms with Crippen molar-refractivity contribution in [3.8, 4) is 6.07 Å². The Labute approximate surface area is 251 Å². The van der Waals surface area contributed by atoms with Crippen molar-refractivity contribution in [1.82, 2.24) is 9.47 Å². The number of anilines is 2. The Morgan fingerprint density at radius 1 is 0.976 bits per heavy atom. The Balaban J connectivity index is 1.68. The van der Waals surface area contributed by atoms with Gasteiger partial charge in [0.15, 0.2) is 0 Å². The molecule has 0 spiro atoms. The van der Waals surface area contributed by atoms with E-state index in [0.717, 1.165) is 43.6 Å². The van der Waals surface area contributed by atoms with Crippen LogP contribution in [0.2, 0.25) is 0 Å². The van der Waals surface area contributed by atoms with Crippen molar-refractivity contribution >= 4 is 51.8 Å². The zero-order valence-electron chi connectivity index (χ0n) is 24.1. The minimum absolute atomic E-state index is 0.102. The molecule has 2 saturated heterocycles. The van der Waals surface area contributed by atoms with Gasteiger partial charge in [0.2, 0.25) is 0 Å². The summed E-state index contributed by atoms with van der Waals surface area (Å²) in [6.45, 7) is 9.65. The van der Waals surface area contributed by atoms with E-state index in [4.69, 9.17) is 12.2 Å². The average molecular weight is 596 g/mol. The van der Waals surface area contributed by atoms with Crippen LogP contribution in [0.15, 0.2) is 34.0 Å². The minimum Gasteiger partial charge on any atom is -0.368 e. The van der Waals surface area contributed by atoms with Gasteiger partial charge in [-0.1, -0.05) is 63.5 Å². The molecule has 0 N–H and O–H groups in total. The molecule has 0 bridgehead atoms. The van der Waals surface area contributed by atoms with E-state index in [2.05, 4.69) is 22.8 Å². The molecule has 1 aromatic carbocycles. The molecule has 0 unspecified atom stereocenters. The monoisotopic (exact) mass is 595 g/mol. The first-order valence-electron chi connectivity index (χ1n) is 14.5. The number of piperazine rings is 1. The van der Waals surface area contributed by atoms with Crippen LogP contribution >= 0.6 is 24.0 Å². The molecular weight excluding hydrogens is 558 g/mol. The molecule has 2 aromatic rings. The lowest BCUT2D eigenvalue weighted by atomic mass is 10.0. The molecular formula is C31H38FN5O2S2. The molecule has 2 aliphatic rings. The number of unbranched alkanes of at least 4 members (excludes halogenated alkanes) is 4. The summed E-state index contributed by atoms with van der Waals surface area (Å²) in [4.78, 5) is 33.5. The van der Waals surface area contributed by atoms with E-state index in [1.54, 1.807) is 28.5 Å². The molecule has 7 nitrogen and oxygen atoms in total. The fraction of sp³-hybridized carbons (Fsp3) is 0.484. The zero-order chi connectivity index (χ0) is 29.5. The van der Waals surface area contributed by atoms with Gasteiger partial charge in [0.25, 0.3) is 11.5 Å². The Kier molecular flexibility index (Phi) is 10.6. The number of thiocarbonyl (C=S) groups is 1. The van der Waals surface area contributed by atoms with Crippen molar-refractivity contribution < 1.29 is 9.18 Å². The number of hydrogen-bond donors (Lipinski definition) is 0. The summed E-state index contributed by atoms with van der Waals surface area (Å²) in [5.74, 6) is 0.348. The van der Waals surface area contributed by atoms with Gasteiger partial charge in [0.1, 0.15) is 27.6 Å². The smallest absolute Gasteiger partial charge is 0.270 e. The number of nitrogens with zero attached hydrogens (tertiary/aromatic N) is 5.